The van der Waals surface area contributed by atoms with Crippen LogP contribution >= 0.6 is 0 Å². The van der Waals surface area contributed by atoms with Crippen molar-refractivity contribution in [3.8, 4) is 0 Å². The molecular formula is C12H16F2N2O. The molecule has 17 heavy (non-hydrogen) atoms. The topological polar surface area (TPSA) is 55.1 Å². The van der Waals surface area contributed by atoms with Crippen molar-refractivity contribution < 1.29 is 13.6 Å². The Morgan fingerprint density at radius 1 is 1.35 bits per heavy atom. The highest BCUT2D eigenvalue weighted by molar-refractivity contribution is 5.90. The molecule has 0 aliphatic rings. The van der Waals surface area contributed by atoms with Crippen LogP contribution < -0.4 is 11.1 Å². The third kappa shape index (κ3) is 5.40. The van der Waals surface area contributed by atoms with E-state index in [1.54, 1.807) is 0 Å². The maximum absolute atomic E-state index is 12.8. The average molecular weight is 242 g/mol. The summed E-state index contributed by atoms with van der Waals surface area (Å²) in [4.78, 5) is 11.4. The van der Waals surface area contributed by atoms with Crippen molar-refractivity contribution in [2.45, 2.75) is 32.2 Å². The third-order valence-electron chi connectivity index (χ3n) is 2.21. The lowest BCUT2D eigenvalue weighted by molar-refractivity contribution is -0.116. The molecule has 0 spiro atoms. The SMILES string of the molecule is CC(N)CCCC(=O)Nc1cc(F)cc(F)c1. The smallest absolute Gasteiger partial charge is 0.224 e. The van der Waals surface area contributed by atoms with E-state index in [9.17, 15) is 13.6 Å². The minimum Gasteiger partial charge on any atom is -0.328 e. The van der Waals surface area contributed by atoms with E-state index in [-0.39, 0.29) is 17.6 Å². The molecule has 1 aromatic rings. The highest BCUT2D eigenvalue weighted by atomic mass is 19.1. The molecule has 3 nitrogen and oxygen atoms in total. The molecular weight excluding hydrogens is 226 g/mol. The van der Waals surface area contributed by atoms with Gasteiger partial charge >= 0.3 is 0 Å². The van der Waals surface area contributed by atoms with E-state index in [0.717, 1.165) is 24.6 Å². The van der Waals surface area contributed by atoms with Gasteiger partial charge in [0.05, 0.1) is 0 Å². The quantitative estimate of drug-likeness (QED) is 0.833. The van der Waals surface area contributed by atoms with Crippen LogP contribution in [0.2, 0.25) is 0 Å². The molecule has 0 heterocycles. The predicted octanol–water partition coefficient (Wildman–Crippen LogP) is 2.42. The second kappa shape index (κ2) is 6.30. The number of benzene rings is 1. The van der Waals surface area contributed by atoms with Gasteiger partial charge in [0.25, 0.3) is 0 Å². The first-order chi connectivity index (χ1) is 7.97. The van der Waals surface area contributed by atoms with Gasteiger partial charge < -0.3 is 11.1 Å². The lowest BCUT2D eigenvalue weighted by atomic mass is 10.1. The first kappa shape index (κ1) is 13.6. The molecule has 1 unspecified atom stereocenters. The molecule has 0 saturated carbocycles. The Morgan fingerprint density at radius 3 is 2.47 bits per heavy atom. The Bertz CT molecular complexity index is 374. The van der Waals surface area contributed by atoms with Gasteiger partial charge in [-0.15, -0.1) is 0 Å². The van der Waals surface area contributed by atoms with E-state index in [1.807, 2.05) is 6.92 Å². The van der Waals surface area contributed by atoms with Gasteiger partial charge in [0.1, 0.15) is 11.6 Å². The summed E-state index contributed by atoms with van der Waals surface area (Å²) >= 11 is 0. The van der Waals surface area contributed by atoms with Crippen molar-refractivity contribution in [1.82, 2.24) is 0 Å². The second-order valence-corrected chi connectivity index (χ2v) is 4.08. The summed E-state index contributed by atoms with van der Waals surface area (Å²) in [5.74, 6) is -1.69. The highest BCUT2D eigenvalue weighted by Gasteiger charge is 2.05. The normalized spacial score (nSPS) is 12.2. The first-order valence-electron chi connectivity index (χ1n) is 5.49. The van der Waals surface area contributed by atoms with Crippen LogP contribution in [0.25, 0.3) is 0 Å². The fraction of sp³-hybridized carbons (Fsp3) is 0.417. The molecule has 1 aromatic carbocycles. The van der Waals surface area contributed by atoms with E-state index in [1.165, 1.54) is 0 Å². The summed E-state index contributed by atoms with van der Waals surface area (Å²) in [7, 11) is 0. The van der Waals surface area contributed by atoms with Gasteiger partial charge in [0.2, 0.25) is 5.91 Å². The highest BCUT2D eigenvalue weighted by Crippen LogP contribution is 2.13. The van der Waals surface area contributed by atoms with Crippen molar-refractivity contribution in [2.24, 2.45) is 5.73 Å². The number of anilines is 1. The van der Waals surface area contributed by atoms with Crippen LogP contribution in [-0.4, -0.2) is 11.9 Å². The van der Waals surface area contributed by atoms with Crippen molar-refractivity contribution in [1.29, 1.82) is 0 Å². The minimum absolute atomic E-state index is 0.0504. The fourth-order valence-electron chi connectivity index (χ4n) is 1.43. The molecule has 0 fully saturated rings. The lowest BCUT2D eigenvalue weighted by Gasteiger charge is -2.07. The molecule has 5 heteroatoms. The molecule has 1 amide bonds. The number of rotatable bonds is 5. The zero-order valence-electron chi connectivity index (χ0n) is 9.67. The number of carbonyl (C=O) groups is 1. The van der Waals surface area contributed by atoms with Crippen molar-refractivity contribution in [3.05, 3.63) is 29.8 Å². The summed E-state index contributed by atoms with van der Waals surface area (Å²) in [5.41, 5.74) is 5.67. The average Bonchev–Trinajstić information content (AvgIpc) is 2.14. The molecule has 0 aromatic heterocycles. The van der Waals surface area contributed by atoms with Crippen molar-refractivity contribution in [3.63, 3.8) is 0 Å². The van der Waals surface area contributed by atoms with Crippen LogP contribution in [0, 0.1) is 11.6 Å². The maximum atomic E-state index is 12.8. The molecule has 0 saturated heterocycles. The fourth-order valence-corrected chi connectivity index (χ4v) is 1.43. The lowest BCUT2D eigenvalue weighted by Crippen LogP contribution is -2.16. The van der Waals surface area contributed by atoms with E-state index >= 15 is 0 Å². The molecule has 1 rings (SSSR count). The molecule has 0 radical (unpaired) electrons. The number of nitrogens with two attached hydrogens (primary N) is 1. The third-order valence-corrected chi connectivity index (χ3v) is 2.21. The Balaban J connectivity index is 2.45. The van der Waals surface area contributed by atoms with E-state index in [4.69, 9.17) is 5.73 Å². The summed E-state index contributed by atoms with van der Waals surface area (Å²) in [5, 5.41) is 2.44. The van der Waals surface area contributed by atoms with Crippen LogP contribution in [0.4, 0.5) is 14.5 Å². The first-order valence-corrected chi connectivity index (χ1v) is 5.49. The Labute approximate surface area is 99.0 Å². The molecule has 1 atom stereocenters. The number of amides is 1. The second-order valence-electron chi connectivity index (χ2n) is 4.08. The summed E-state index contributed by atoms with van der Waals surface area (Å²) in [6, 6.07) is 2.96. The number of halogens is 2. The van der Waals surface area contributed by atoms with Crippen LogP contribution in [-0.2, 0) is 4.79 Å². The summed E-state index contributed by atoms with van der Waals surface area (Å²) in [6.45, 7) is 1.86. The van der Waals surface area contributed by atoms with Crippen molar-refractivity contribution >= 4 is 11.6 Å². The van der Waals surface area contributed by atoms with E-state index < -0.39 is 11.6 Å². The van der Waals surface area contributed by atoms with Gasteiger partial charge in [-0.25, -0.2) is 8.78 Å². The standard InChI is InChI=1S/C12H16F2N2O/c1-8(15)3-2-4-12(17)16-11-6-9(13)5-10(14)7-11/h5-8H,2-4,15H2,1H3,(H,16,17). The van der Waals surface area contributed by atoms with Crippen LogP contribution in [0.3, 0.4) is 0 Å². The summed E-state index contributed by atoms with van der Waals surface area (Å²) in [6.07, 6.45) is 1.69. The largest absolute Gasteiger partial charge is 0.328 e. The molecule has 0 aliphatic carbocycles. The van der Waals surface area contributed by atoms with Gasteiger partial charge in [0.15, 0.2) is 0 Å². The van der Waals surface area contributed by atoms with Gasteiger partial charge in [-0.05, 0) is 31.9 Å². The number of carbonyl (C=O) groups excluding carboxylic acids is 1. The maximum Gasteiger partial charge on any atom is 0.224 e. The van der Waals surface area contributed by atoms with E-state index in [0.29, 0.717) is 12.8 Å². The zero-order chi connectivity index (χ0) is 12.8. The molecule has 0 aliphatic heterocycles. The van der Waals surface area contributed by atoms with Crippen LogP contribution in [0.1, 0.15) is 26.2 Å². The number of hydrogen-bond donors (Lipinski definition) is 2. The zero-order valence-corrected chi connectivity index (χ0v) is 9.67. The molecule has 0 bridgehead atoms. The Kier molecular flexibility index (Phi) is 5.03. The Morgan fingerprint density at radius 2 is 1.94 bits per heavy atom. The van der Waals surface area contributed by atoms with Crippen LogP contribution in [0.15, 0.2) is 18.2 Å². The van der Waals surface area contributed by atoms with Crippen molar-refractivity contribution in [2.75, 3.05) is 5.32 Å². The predicted molar refractivity (Wildman–Crippen MR) is 62.5 cm³/mol. The van der Waals surface area contributed by atoms with Crippen LogP contribution in [0.5, 0.6) is 0 Å². The summed E-state index contributed by atoms with van der Waals surface area (Å²) < 4.78 is 25.7. The number of nitrogens with one attached hydrogen (secondary N) is 1. The number of hydrogen-bond acceptors (Lipinski definition) is 2. The van der Waals surface area contributed by atoms with Gasteiger partial charge in [-0.1, -0.05) is 0 Å². The van der Waals surface area contributed by atoms with Gasteiger partial charge in [-0.2, -0.15) is 0 Å². The van der Waals surface area contributed by atoms with Gasteiger partial charge in [-0.3, -0.25) is 4.79 Å². The molecule has 3 N–H and O–H groups in total. The van der Waals surface area contributed by atoms with E-state index in [2.05, 4.69) is 5.32 Å². The van der Waals surface area contributed by atoms with Gasteiger partial charge in [0, 0.05) is 24.2 Å². The Hall–Kier alpha value is -1.49. The minimum atomic E-state index is -0.712. The molecule has 94 valence electrons. The monoisotopic (exact) mass is 242 g/mol.